The number of sulfonamides is 1. The topological polar surface area (TPSA) is 66.5 Å². The van der Waals surface area contributed by atoms with Gasteiger partial charge in [0.1, 0.15) is 0 Å². The molecule has 0 bridgehead atoms. The first-order valence-electron chi connectivity index (χ1n) is 9.81. The van der Waals surface area contributed by atoms with Crippen LogP contribution in [-0.2, 0) is 21.4 Å². The molecule has 1 N–H and O–H groups in total. The quantitative estimate of drug-likeness (QED) is 0.304. The van der Waals surface area contributed by atoms with Gasteiger partial charge in [0.15, 0.2) is 0 Å². The molecule has 174 valence electrons. The molecular weight excluding hydrogens is 615 g/mol. The van der Waals surface area contributed by atoms with Crippen molar-refractivity contribution < 1.29 is 13.2 Å². The predicted octanol–water partition coefficient (Wildman–Crippen LogP) is 6.59. The summed E-state index contributed by atoms with van der Waals surface area (Å²) in [5.74, 6) is -0.434. The monoisotopic (exact) mass is 632 g/mol. The van der Waals surface area contributed by atoms with Gasteiger partial charge in [-0.1, -0.05) is 73.3 Å². The lowest BCUT2D eigenvalue weighted by atomic mass is 10.1. The number of rotatable bonds is 8. The predicted molar refractivity (Wildman–Crippen MR) is 139 cm³/mol. The molecule has 0 fully saturated rings. The maximum absolute atomic E-state index is 13.4. The zero-order valence-corrected chi connectivity index (χ0v) is 22.9. The van der Waals surface area contributed by atoms with Gasteiger partial charge in [-0.05, 0) is 66.6 Å². The third-order valence-electron chi connectivity index (χ3n) is 4.88. The van der Waals surface area contributed by atoms with E-state index in [1.807, 2.05) is 31.2 Å². The molecule has 1 amide bonds. The van der Waals surface area contributed by atoms with Crippen LogP contribution >= 0.6 is 55.1 Å². The summed E-state index contributed by atoms with van der Waals surface area (Å²) in [5, 5.41) is 3.62. The van der Waals surface area contributed by atoms with Crippen molar-refractivity contribution in [3.8, 4) is 0 Å². The summed E-state index contributed by atoms with van der Waals surface area (Å²) in [6.07, 6.45) is 0. The van der Waals surface area contributed by atoms with E-state index < -0.39 is 15.9 Å². The third-order valence-corrected chi connectivity index (χ3v) is 8.33. The number of amides is 1. The molecule has 0 aromatic heterocycles. The molecule has 0 aliphatic heterocycles. The Hall–Kier alpha value is -1.42. The Labute approximate surface area is 220 Å². The summed E-state index contributed by atoms with van der Waals surface area (Å²) in [6, 6.07) is 18.3. The maximum atomic E-state index is 13.4. The van der Waals surface area contributed by atoms with Crippen molar-refractivity contribution in [2.45, 2.75) is 24.4 Å². The fraction of sp³-hybridized carbons (Fsp3) is 0.174. The van der Waals surface area contributed by atoms with Gasteiger partial charge in [0.05, 0.1) is 17.5 Å². The van der Waals surface area contributed by atoms with Crippen LogP contribution in [0, 0.1) is 0 Å². The minimum absolute atomic E-state index is 0.0737. The molecule has 10 heteroatoms. The fourth-order valence-electron chi connectivity index (χ4n) is 3.10. The van der Waals surface area contributed by atoms with Gasteiger partial charge in [-0.25, -0.2) is 8.42 Å². The first-order valence-corrected chi connectivity index (χ1v) is 13.6. The smallest absolute Gasteiger partial charge is 0.243 e. The van der Waals surface area contributed by atoms with Crippen LogP contribution in [0.5, 0.6) is 0 Å². The number of benzene rings is 3. The molecule has 3 aromatic rings. The van der Waals surface area contributed by atoms with Crippen LogP contribution in [-0.4, -0.2) is 25.2 Å². The van der Waals surface area contributed by atoms with E-state index in [0.29, 0.717) is 15.6 Å². The van der Waals surface area contributed by atoms with Crippen molar-refractivity contribution in [3.05, 3.63) is 96.8 Å². The van der Waals surface area contributed by atoms with Crippen LogP contribution in [0.15, 0.2) is 80.6 Å². The van der Waals surface area contributed by atoms with E-state index in [4.69, 9.17) is 23.2 Å². The van der Waals surface area contributed by atoms with E-state index in [2.05, 4.69) is 37.2 Å². The van der Waals surface area contributed by atoms with E-state index in [1.54, 1.807) is 30.3 Å². The fourth-order valence-corrected chi connectivity index (χ4v) is 5.47. The van der Waals surface area contributed by atoms with Gasteiger partial charge in [-0.2, -0.15) is 4.31 Å². The molecule has 3 rings (SSSR count). The van der Waals surface area contributed by atoms with Gasteiger partial charge in [0, 0.05) is 25.5 Å². The van der Waals surface area contributed by atoms with Crippen LogP contribution in [0.3, 0.4) is 0 Å². The zero-order valence-electron chi connectivity index (χ0n) is 17.4. The molecule has 0 spiro atoms. The lowest BCUT2D eigenvalue weighted by molar-refractivity contribution is -0.122. The van der Waals surface area contributed by atoms with Gasteiger partial charge in [-0.3, -0.25) is 4.79 Å². The van der Waals surface area contributed by atoms with Gasteiger partial charge >= 0.3 is 0 Å². The van der Waals surface area contributed by atoms with Gasteiger partial charge in [-0.15, -0.1) is 0 Å². The molecule has 0 aliphatic rings. The lowest BCUT2D eigenvalue weighted by Gasteiger charge is -2.24. The molecule has 33 heavy (non-hydrogen) atoms. The van der Waals surface area contributed by atoms with Crippen molar-refractivity contribution >= 4 is 71.0 Å². The molecular formula is C23H20Br2Cl2N2O3S. The highest BCUT2D eigenvalue weighted by atomic mass is 79.9. The second kappa shape index (κ2) is 11.3. The van der Waals surface area contributed by atoms with E-state index in [-0.39, 0.29) is 24.0 Å². The van der Waals surface area contributed by atoms with Crippen LogP contribution in [0.4, 0.5) is 0 Å². The summed E-state index contributed by atoms with van der Waals surface area (Å²) >= 11 is 19.0. The van der Waals surface area contributed by atoms with Crippen LogP contribution in [0.1, 0.15) is 24.1 Å². The number of carbonyl (C=O) groups excluding carboxylic acids is 1. The molecule has 1 unspecified atom stereocenters. The Morgan fingerprint density at radius 1 is 0.970 bits per heavy atom. The average molecular weight is 635 g/mol. The normalized spacial score (nSPS) is 12.5. The highest BCUT2D eigenvalue weighted by molar-refractivity contribution is 9.10. The molecule has 0 aliphatic carbocycles. The Balaban J connectivity index is 1.86. The Morgan fingerprint density at radius 2 is 1.55 bits per heavy atom. The lowest BCUT2D eigenvalue weighted by Crippen LogP contribution is -2.41. The summed E-state index contributed by atoms with van der Waals surface area (Å²) in [5.41, 5.74) is 1.44. The minimum Gasteiger partial charge on any atom is -0.348 e. The Bertz CT molecular complexity index is 1240. The Morgan fingerprint density at radius 3 is 2.12 bits per heavy atom. The van der Waals surface area contributed by atoms with Crippen LogP contribution in [0.25, 0.3) is 0 Å². The van der Waals surface area contributed by atoms with Gasteiger partial charge in [0.25, 0.3) is 0 Å². The SMILES string of the molecule is CC(NC(=O)CN(Cc1ccc(Cl)cc1Cl)S(=O)(=O)c1ccc(Br)cc1)c1ccc(Br)cc1. The first-order chi connectivity index (χ1) is 15.6. The maximum Gasteiger partial charge on any atom is 0.243 e. The summed E-state index contributed by atoms with van der Waals surface area (Å²) < 4.78 is 29.6. The third kappa shape index (κ3) is 7.04. The molecule has 1 atom stereocenters. The summed E-state index contributed by atoms with van der Waals surface area (Å²) in [6.45, 7) is 1.37. The number of hydrogen-bond acceptors (Lipinski definition) is 3. The van der Waals surface area contributed by atoms with E-state index >= 15 is 0 Å². The van der Waals surface area contributed by atoms with Gasteiger partial charge in [0.2, 0.25) is 15.9 Å². The number of hydrogen-bond donors (Lipinski definition) is 1. The van der Waals surface area contributed by atoms with Crippen molar-refractivity contribution in [3.63, 3.8) is 0 Å². The van der Waals surface area contributed by atoms with E-state index in [0.717, 1.165) is 18.8 Å². The second-order valence-electron chi connectivity index (χ2n) is 7.30. The second-order valence-corrected chi connectivity index (χ2v) is 11.9. The van der Waals surface area contributed by atoms with E-state index in [1.165, 1.54) is 12.1 Å². The summed E-state index contributed by atoms with van der Waals surface area (Å²) in [7, 11) is -3.99. The first kappa shape index (κ1) is 26.2. The number of halogens is 4. The molecule has 5 nitrogen and oxygen atoms in total. The minimum atomic E-state index is -3.99. The molecule has 0 saturated heterocycles. The number of nitrogens with zero attached hydrogens (tertiary/aromatic N) is 1. The van der Waals surface area contributed by atoms with Gasteiger partial charge < -0.3 is 5.32 Å². The molecule has 0 heterocycles. The van der Waals surface area contributed by atoms with Crippen LogP contribution < -0.4 is 5.32 Å². The number of carbonyl (C=O) groups is 1. The van der Waals surface area contributed by atoms with Crippen molar-refractivity contribution in [2.24, 2.45) is 0 Å². The average Bonchev–Trinajstić information content (AvgIpc) is 2.75. The van der Waals surface area contributed by atoms with Crippen molar-refractivity contribution in [1.82, 2.24) is 9.62 Å². The standard InChI is InChI=1S/C23H20Br2Cl2N2O3S/c1-15(16-2-5-18(24)6-3-16)28-23(30)14-29(13-17-4-9-20(26)12-22(17)27)33(31,32)21-10-7-19(25)8-11-21/h2-12,15H,13-14H2,1H3,(H,28,30). The number of nitrogens with one attached hydrogen (secondary N) is 1. The zero-order chi connectivity index (χ0) is 24.2. The molecule has 0 radical (unpaired) electrons. The van der Waals surface area contributed by atoms with Crippen LogP contribution in [0.2, 0.25) is 10.0 Å². The van der Waals surface area contributed by atoms with Crippen molar-refractivity contribution in [2.75, 3.05) is 6.54 Å². The molecule has 0 saturated carbocycles. The Kier molecular flexibility index (Phi) is 9.00. The highest BCUT2D eigenvalue weighted by Gasteiger charge is 2.28. The highest BCUT2D eigenvalue weighted by Crippen LogP contribution is 2.26. The molecule has 3 aromatic carbocycles. The van der Waals surface area contributed by atoms with Crippen molar-refractivity contribution in [1.29, 1.82) is 0 Å². The summed E-state index contributed by atoms with van der Waals surface area (Å²) in [4.78, 5) is 13.0. The van der Waals surface area contributed by atoms with E-state index in [9.17, 15) is 13.2 Å². The largest absolute Gasteiger partial charge is 0.348 e.